The number of hydrogen-bond donors (Lipinski definition) is 2. The number of nitrogens with one attached hydrogen (secondary N) is 1. The number of nitrogens with two attached hydrogens (primary N) is 1. The van der Waals surface area contributed by atoms with Crippen LogP contribution >= 0.6 is 0 Å². The summed E-state index contributed by atoms with van der Waals surface area (Å²) in [5.74, 6) is 0.204. The minimum absolute atomic E-state index is 0.0860. The Balaban J connectivity index is 1.57. The van der Waals surface area contributed by atoms with Gasteiger partial charge in [-0.1, -0.05) is 30.3 Å². The molecule has 0 saturated carbocycles. The Morgan fingerprint density at radius 2 is 2.03 bits per heavy atom. The molecule has 3 aromatic heterocycles. The van der Waals surface area contributed by atoms with E-state index in [1.54, 1.807) is 6.07 Å². The number of likely N-dealkylation sites (tertiary alicyclic amines) is 1. The number of fused-ring (bicyclic) bond motifs is 2. The van der Waals surface area contributed by atoms with Crippen molar-refractivity contribution in [1.82, 2.24) is 29.8 Å². The molecule has 1 fully saturated rings. The van der Waals surface area contributed by atoms with Gasteiger partial charge < -0.3 is 11.1 Å². The topological polar surface area (TPSA) is 101 Å². The molecular formula is C25H26F3N7O. The van der Waals surface area contributed by atoms with Crippen LogP contribution in [0, 0.1) is 0 Å². The molecule has 2 atom stereocenters. The number of benzene rings is 1. The molecule has 36 heavy (non-hydrogen) atoms. The Morgan fingerprint density at radius 1 is 1.19 bits per heavy atom. The zero-order chi connectivity index (χ0) is 25.4. The van der Waals surface area contributed by atoms with Crippen LogP contribution in [0.2, 0.25) is 0 Å². The Hall–Kier alpha value is -3.57. The normalized spacial score (nSPS) is 17.6. The molecule has 0 aliphatic carbocycles. The maximum Gasteiger partial charge on any atom is 0.408 e. The second kappa shape index (κ2) is 9.47. The van der Waals surface area contributed by atoms with Gasteiger partial charge in [0.15, 0.2) is 11.5 Å². The fourth-order valence-corrected chi connectivity index (χ4v) is 4.81. The number of halogens is 3. The number of likely N-dealkylation sites (N-methyl/N-ethyl adjacent to an activating group) is 1. The van der Waals surface area contributed by atoms with Crippen molar-refractivity contribution in [3.8, 4) is 11.5 Å². The number of aromatic nitrogens is 4. The Morgan fingerprint density at radius 3 is 2.75 bits per heavy atom. The molecule has 1 aliphatic heterocycles. The summed E-state index contributed by atoms with van der Waals surface area (Å²) >= 11 is 0. The summed E-state index contributed by atoms with van der Waals surface area (Å²) in [6.07, 6.45) is -2.36. The van der Waals surface area contributed by atoms with Gasteiger partial charge in [-0.2, -0.15) is 13.2 Å². The molecule has 0 unspecified atom stereocenters. The third-order valence-electron chi connectivity index (χ3n) is 6.43. The summed E-state index contributed by atoms with van der Waals surface area (Å²) in [6, 6.07) is 10.1. The van der Waals surface area contributed by atoms with E-state index in [1.807, 2.05) is 31.2 Å². The summed E-state index contributed by atoms with van der Waals surface area (Å²) in [5.41, 5.74) is 8.22. The average Bonchev–Trinajstić information content (AvgIpc) is 3.44. The number of carbonyl (C=O) groups excluding carboxylic acids is 1. The third-order valence-corrected chi connectivity index (χ3v) is 6.43. The Labute approximate surface area is 205 Å². The number of pyridine rings is 2. The summed E-state index contributed by atoms with van der Waals surface area (Å²) < 4.78 is 44.0. The highest BCUT2D eigenvalue weighted by Gasteiger charge is 2.46. The van der Waals surface area contributed by atoms with E-state index in [0.717, 1.165) is 10.9 Å². The Bertz CT molecular complexity index is 1420. The molecule has 0 radical (unpaired) electrons. The fraction of sp³-hybridized carbons (Fsp3) is 0.360. The van der Waals surface area contributed by atoms with Crippen LogP contribution in [0.1, 0.15) is 30.5 Å². The first-order valence-corrected chi connectivity index (χ1v) is 11.8. The maximum atomic E-state index is 14.1. The van der Waals surface area contributed by atoms with Crippen LogP contribution in [0.3, 0.4) is 0 Å². The number of alkyl halides is 3. The van der Waals surface area contributed by atoms with Gasteiger partial charge in [0.2, 0.25) is 5.91 Å². The highest BCUT2D eigenvalue weighted by Crippen LogP contribution is 2.39. The van der Waals surface area contributed by atoms with Crippen LogP contribution < -0.4 is 11.1 Å². The first-order chi connectivity index (χ1) is 17.2. The third kappa shape index (κ3) is 4.63. The highest BCUT2D eigenvalue weighted by atomic mass is 19.4. The van der Waals surface area contributed by atoms with Crippen LogP contribution in [0.25, 0.3) is 28.1 Å². The molecule has 0 bridgehead atoms. The van der Waals surface area contributed by atoms with Gasteiger partial charge in [0.1, 0.15) is 11.7 Å². The lowest BCUT2D eigenvalue weighted by Crippen LogP contribution is -2.38. The molecular weight excluding hydrogens is 471 g/mol. The van der Waals surface area contributed by atoms with Crippen LogP contribution in [0.4, 0.5) is 13.2 Å². The fourth-order valence-electron chi connectivity index (χ4n) is 4.81. The van der Waals surface area contributed by atoms with E-state index >= 15 is 0 Å². The standard InChI is InChI=1S/C25H26F3N7O/c1-2-30-21(36)12-16-5-3-4-15-6-8-19(31-22(15)16)24-33-32-20-9-7-17(13-35(20)24)23(25(26,27)28)34-11-10-18(29)14-34/h3-9,13,18,23H,2,10-12,14,29H2,1H3,(H,30,36)/t18-,23+/m0/s1. The van der Waals surface area contributed by atoms with Crippen molar-refractivity contribution < 1.29 is 18.0 Å². The molecule has 11 heteroatoms. The molecule has 1 aliphatic rings. The predicted molar refractivity (Wildman–Crippen MR) is 129 cm³/mol. The zero-order valence-corrected chi connectivity index (χ0v) is 19.7. The predicted octanol–water partition coefficient (Wildman–Crippen LogP) is 3.26. The maximum absolute atomic E-state index is 14.1. The lowest BCUT2D eigenvalue weighted by Gasteiger charge is -2.30. The van der Waals surface area contributed by atoms with Crippen LogP contribution in [0.5, 0.6) is 0 Å². The number of carbonyl (C=O) groups is 1. The molecule has 1 amide bonds. The van der Waals surface area contributed by atoms with Gasteiger partial charge in [0.25, 0.3) is 0 Å². The first kappa shape index (κ1) is 24.1. The van der Waals surface area contributed by atoms with Gasteiger partial charge in [-0.3, -0.25) is 14.1 Å². The largest absolute Gasteiger partial charge is 0.408 e. The van der Waals surface area contributed by atoms with E-state index in [-0.39, 0.29) is 37.0 Å². The van der Waals surface area contributed by atoms with E-state index in [1.165, 1.54) is 27.6 Å². The van der Waals surface area contributed by atoms with Crippen molar-refractivity contribution in [3.63, 3.8) is 0 Å². The quantitative estimate of drug-likeness (QED) is 0.424. The monoisotopic (exact) mass is 497 g/mol. The second-order valence-corrected chi connectivity index (χ2v) is 9.02. The van der Waals surface area contributed by atoms with Crippen LogP contribution in [-0.4, -0.2) is 62.2 Å². The Kier molecular flexibility index (Phi) is 6.35. The first-order valence-electron chi connectivity index (χ1n) is 11.8. The summed E-state index contributed by atoms with van der Waals surface area (Å²) in [6.45, 7) is 2.83. The lowest BCUT2D eigenvalue weighted by atomic mass is 10.1. The van der Waals surface area contributed by atoms with Crippen molar-refractivity contribution in [2.75, 3.05) is 19.6 Å². The molecule has 8 nitrogen and oxygen atoms in total. The SMILES string of the molecule is CCNC(=O)Cc1cccc2ccc(-c3nnc4ccc([C@@H](N5CC[C@H](N)C5)C(F)(F)F)cn34)nc12. The lowest BCUT2D eigenvalue weighted by molar-refractivity contribution is -0.183. The highest BCUT2D eigenvalue weighted by molar-refractivity contribution is 5.88. The summed E-state index contributed by atoms with van der Waals surface area (Å²) in [4.78, 5) is 18.3. The van der Waals surface area contributed by atoms with Crippen molar-refractivity contribution in [2.45, 2.75) is 38.0 Å². The molecule has 1 aromatic carbocycles. The number of para-hydroxylation sites is 1. The van der Waals surface area contributed by atoms with Gasteiger partial charge in [-0.15, -0.1) is 10.2 Å². The molecule has 3 N–H and O–H groups in total. The second-order valence-electron chi connectivity index (χ2n) is 9.02. The van der Waals surface area contributed by atoms with Gasteiger partial charge in [-0.05, 0) is 36.6 Å². The van der Waals surface area contributed by atoms with Gasteiger partial charge in [0.05, 0.1) is 11.9 Å². The van der Waals surface area contributed by atoms with E-state index < -0.39 is 12.2 Å². The van der Waals surface area contributed by atoms with Crippen LogP contribution in [-0.2, 0) is 11.2 Å². The van der Waals surface area contributed by atoms with E-state index in [9.17, 15) is 18.0 Å². The molecule has 4 heterocycles. The minimum Gasteiger partial charge on any atom is -0.356 e. The molecule has 188 valence electrons. The van der Waals surface area contributed by atoms with Gasteiger partial charge in [0, 0.05) is 37.3 Å². The molecule has 1 saturated heterocycles. The summed E-state index contributed by atoms with van der Waals surface area (Å²) in [7, 11) is 0. The molecule has 5 rings (SSSR count). The van der Waals surface area contributed by atoms with Crippen molar-refractivity contribution >= 4 is 22.5 Å². The minimum atomic E-state index is -4.47. The molecule has 4 aromatic rings. The smallest absolute Gasteiger partial charge is 0.356 e. The van der Waals surface area contributed by atoms with Crippen molar-refractivity contribution in [1.29, 1.82) is 0 Å². The summed E-state index contributed by atoms with van der Waals surface area (Å²) in [5, 5.41) is 12.0. The van der Waals surface area contributed by atoms with Gasteiger partial charge >= 0.3 is 6.18 Å². The number of rotatable bonds is 6. The molecule has 0 spiro atoms. The number of hydrogen-bond acceptors (Lipinski definition) is 6. The number of amides is 1. The van der Waals surface area contributed by atoms with Crippen molar-refractivity contribution in [2.24, 2.45) is 5.73 Å². The number of nitrogens with zero attached hydrogens (tertiary/aromatic N) is 5. The van der Waals surface area contributed by atoms with E-state index in [4.69, 9.17) is 10.7 Å². The van der Waals surface area contributed by atoms with Gasteiger partial charge in [-0.25, -0.2) is 4.98 Å². The van der Waals surface area contributed by atoms with E-state index in [2.05, 4.69) is 15.5 Å². The van der Waals surface area contributed by atoms with E-state index in [0.29, 0.717) is 35.6 Å². The van der Waals surface area contributed by atoms with Crippen molar-refractivity contribution in [3.05, 3.63) is 59.8 Å². The zero-order valence-electron chi connectivity index (χ0n) is 19.7. The van der Waals surface area contributed by atoms with Crippen LogP contribution in [0.15, 0.2) is 48.7 Å². The average molecular weight is 498 g/mol.